The molecule has 1 aromatic rings. The van der Waals surface area contributed by atoms with Crippen LogP contribution in [0, 0.1) is 11.8 Å². The molecular formula is C17H22O3. The zero-order valence-electron chi connectivity index (χ0n) is 12.3. The van der Waals surface area contributed by atoms with Gasteiger partial charge >= 0.3 is 5.97 Å². The Kier molecular flexibility index (Phi) is 4.96. The first-order chi connectivity index (χ1) is 9.58. The Morgan fingerprint density at radius 3 is 2.70 bits per heavy atom. The minimum absolute atomic E-state index is 0.0954. The van der Waals surface area contributed by atoms with E-state index in [-0.39, 0.29) is 23.9 Å². The summed E-state index contributed by atoms with van der Waals surface area (Å²) in [6.45, 7) is 7.12. The van der Waals surface area contributed by atoms with E-state index in [0.717, 1.165) is 5.56 Å². The molecule has 0 spiro atoms. The summed E-state index contributed by atoms with van der Waals surface area (Å²) >= 11 is 0. The number of cyclic esters (lactones) is 1. The maximum atomic E-state index is 11.6. The van der Waals surface area contributed by atoms with Gasteiger partial charge < -0.3 is 9.47 Å². The third-order valence-corrected chi connectivity index (χ3v) is 3.65. The molecule has 3 heteroatoms. The molecule has 0 aliphatic carbocycles. The van der Waals surface area contributed by atoms with Gasteiger partial charge in [0, 0.05) is 17.4 Å². The predicted molar refractivity (Wildman–Crippen MR) is 78.1 cm³/mol. The molecule has 1 aliphatic heterocycles. The van der Waals surface area contributed by atoms with E-state index in [0.29, 0.717) is 18.8 Å². The van der Waals surface area contributed by atoms with E-state index in [4.69, 9.17) is 9.47 Å². The quantitative estimate of drug-likeness (QED) is 0.772. The van der Waals surface area contributed by atoms with E-state index in [1.165, 1.54) is 0 Å². The third-order valence-electron chi connectivity index (χ3n) is 3.65. The van der Waals surface area contributed by atoms with Gasteiger partial charge in [0.05, 0.1) is 13.2 Å². The number of esters is 1. The summed E-state index contributed by atoms with van der Waals surface area (Å²) in [5.74, 6) is 0.216. The standard InChI is InChI=1S/C17H22O3/c1-12-9-13(2)17(18)20-16(12)14(3)10-19-11-15-7-5-4-6-8-15/h4-9,12,14,16H,10-11H2,1-3H3/t12-,14-,16+/m1/s1. The largest absolute Gasteiger partial charge is 0.458 e. The van der Waals surface area contributed by atoms with Crippen molar-refractivity contribution < 1.29 is 14.3 Å². The van der Waals surface area contributed by atoms with Crippen molar-refractivity contribution in [3.63, 3.8) is 0 Å². The van der Waals surface area contributed by atoms with Gasteiger partial charge in [-0.15, -0.1) is 0 Å². The van der Waals surface area contributed by atoms with Crippen LogP contribution in [0.5, 0.6) is 0 Å². The van der Waals surface area contributed by atoms with Gasteiger partial charge in [-0.2, -0.15) is 0 Å². The zero-order valence-corrected chi connectivity index (χ0v) is 12.3. The van der Waals surface area contributed by atoms with Crippen LogP contribution in [0.25, 0.3) is 0 Å². The van der Waals surface area contributed by atoms with E-state index in [2.05, 4.69) is 13.8 Å². The minimum Gasteiger partial charge on any atom is -0.458 e. The van der Waals surface area contributed by atoms with Crippen LogP contribution in [0.4, 0.5) is 0 Å². The van der Waals surface area contributed by atoms with Crippen LogP contribution >= 0.6 is 0 Å². The van der Waals surface area contributed by atoms with E-state index >= 15 is 0 Å². The molecule has 0 bridgehead atoms. The zero-order chi connectivity index (χ0) is 14.5. The van der Waals surface area contributed by atoms with E-state index in [1.54, 1.807) is 6.92 Å². The first kappa shape index (κ1) is 14.8. The maximum Gasteiger partial charge on any atom is 0.333 e. The van der Waals surface area contributed by atoms with Crippen molar-refractivity contribution in [1.82, 2.24) is 0 Å². The fourth-order valence-corrected chi connectivity index (χ4v) is 2.55. The first-order valence-electron chi connectivity index (χ1n) is 7.09. The number of carbonyl (C=O) groups excluding carboxylic acids is 1. The smallest absolute Gasteiger partial charge is 0.333 e. The van der Waals surface area contributed by atoms with Crippen LogP contribution in [0.15, 0.2) is 42.0 Å². The van der Waals surface area contributed by atoms with Crippen LogP contribution in [-0.4, -0.2) is 18.7 Å². The summed E-state index contributed by atoms with van der Waals surface area (Å²) in [6.07, 6.45) is 1.89. The molecule has 0 amide bonds. The van der Waals surface area contributed by atoms with Crippen molar-refractivity contribution in [3.8, 4) is 0 Å². The van der Waals surface area contributed by atoms with Gasteiger partial charge in [0.25, 0.3) is 0 Å². The average Bonchev–Trinajstić information content (AvgIpc) is 2.44. The fraction of sp³-hybridized carbons (Fsp3) is 0.471. The van der Waals surface area contributed by atoms with Crippen LogP contribution in [-0.2, 0) is 20.9 Å². The summed E-state index contributed by atoms with van der Waals surface area (Å²) < 4.78 is 11.2. The van der Waals surface area contributed by atoms with Crippen LogP contribution in [0.3, 0.4) is 0 Å². The molecule has 0 aromatic heterocycles. The van der Waals surface area contributed by atoms with E-state index in [1.807, 2.05) is 36.4 Å². The normalized spacial score (nSPS) is 23.9. The Morgan fingerprint density at radius 1 is 1.30 bits per heavy atom. The Labute approximate surface area is 120 Å². The molecular weight excluding hydrogens is 252 g/mol. The van der Waals surface area contributed by atoms with Crippen molar-refractivity contribution in [3.05, 3.63) is 47.5 Å². The number of carbonyl (C=O) groups is 1. The molecule has 1 aliphatic rings. The molecule has 2 rings (SSSR count). The van der Waals surface area contributed by atoms with Gasteiger partial charge in [0.2, 0.25) is 0 Å². The summed E-state index contributed by atoms with van der Waals surface area (Å²) in [5, 5.41) is 0. The van der Waals surface area contributed by atoms with Gasteiger partial charge in [-0.1, -0.05) is 50.3 Å². The number of hydrogen-bond donors (Lipinski definition) is 0. The van der Waals surface area contributed by atoms with Crippen molar-refractivity contribution in [2.45, 2.75) is 33.5 Å². The molecule has 0 fully saturated rings. The van der Waals surface area contributed by atoms with Crippen molar-refractivity contribution in [1.29, 1.82) is 0 Å². The molecule has 1 aromatic carbocycles. The summed E-state index contributed by atoms with van der Waals surface area (Å²) in [5.41, 5.74) is 1.86. The summed E-state index contributed by atoms with van der Waals surface area (Å²) in [7, 11) is 0. The van der Waals surface area contributed by atoms with Gasteiger partial charge in [0.1, 0.15) is 6.10 Å². The molecule has 0 N–H and O–H groups in total. The van der Waals surface area contributed by atoms with Crippen molar-refractivity contribution >= 4 is 5.97 Å². The molecule has 0 saturated heterocycles. The Morgan fingerprint density at radius 2 is 2.00 bits per heavy atom. The fourth-order valence-electron chi connectivity index (χ4n) is 2.55. The highest BCUT2D eigenvalue weighted by Crippen LogP contribution is 2.25. The minimum atomic E-state index is -0.206. The second kappa shape index (κ2) is 6.71. The Balaban J connectivity index is 1.83. The molecule has 1 heterocycles. The molecule has 3 atom stereocenters. The van der Waals surface area contributed by atoms with Gasteiger partial charge in [0.15, 0.2) is 0 Å². The van der Waals surface area contributed by atoms with E-state index in [9.17, 15) is 4.79 Å². The second-order valence-electron chi connectivity index (χ2n) is 5.56. The Bertz CT molecular complexity index is 478. The molecule has 0 unspecified atom stereocenters. The van der Waals surface area contributed by atoms with Crippen molar-refractivity contribution in [2.75, 3.05) is 6.61 Å². The topological polar surface area (TPSA) is 35.5 Å². The monoisotopic (exact) mass is 274 g/mol. The SMILES string of the molecule is CC1=C[C@@H](C)[C@@H]([C@H](C)COCc2ccccc2)OC1=O. The molecule has 0 saturated carbocycles. The van der Waals surface area contributed by atoms with Crippen LogP contribution in [0.1, 0.15) is 26.3 Å². The van der Waals surface area contributed by atoms with Crippen LogP contribution in [0.2, 0.25) is 0 Å². The molecule has 108 valence electrons. The molecule has 0 radical (unpaired) electrons. The van der Waals surface area contributed by atoms with Gasteiger partial charge in [-0.3, -0.25) is 0 Å². The number of hydrogen-bond acceptors (Lipinski definition) is 3. The second-order valence-corrected chi connectivity index (χ2v) is 5.56. The highest BCUT2D eigenvalue weighted by Gasteiger charge is 2.31. The average molecular weight is 274 g/mol. The van der Waals surface area contributed by atoms with Gasteiger partial charge in [-0.05, 0) is 12.5 Å². The van der Waals surface area contributed by atoms with Crippen LogP contribution < -0.4 is 0 Å². The lowest BCUT2D eigenvalue weighted by Crippen LogP contribution is -2.36. The lowest BCUT2D eigenvalue weighted by molar-refractivity contribution is -0.152. The highest BCUT2D eigenvalue weighted by atomic mass is 16.5. The van der Waals surface area contributed by atoms with Crippen molar-refractivity contribution in [2.24, 2.45) is 11.8 Å². The predicted octanol–water partition coefficient (Wildman–Crippen LogP) is 3.35. The lowest BCUT2D eigenvalue weighted by Gasteiger charge is -2.31. The molecule has 20 heavy (non-hydrogen) atoms. The number of benzene rings is 1. The lowest BCUT2D eigenvalue weighted by atomic mass is 9.90. The Hall–Kier alpha value is -1.61. The molecule has 3 nitrogen and oxygen atoms in total. The number of rotatable bonds is 5. The third kappa shape index (κ3) is 3.70. The first-order valence-corrected chi connectivity index (χ1v) is 7.09. The van der Waals surface area contributed by atoms with Gasteiger partial charge in [-0.25, -0.2) is 4.79 Å². The highest BCUT2D eigenvalue weighted by molar-refractivity contribution is 5.88. The summed E-state index contributed by atoms with van der Waals surface area (Å²) in [4.78, 5) is 11.6. The maximum absolute atomic E-state index is 11.6. The summed E-state index contributed by atoms with van der Waals surface area (Å²) in [6, 6.07) is 10.1. The number of ether oxygens (including phenoxy) is 2. The van der Waals surface area contributed by atoms with E-state index < -0.39 is 0 Å².